The third kappa shape index (κ3) is 4.93. The van der Waals surface area contributed by atoms with Gasteiger partial charge in [-0.15, -0.1) is 0 Å². The number of fused-ring (bicyclic) bond motifs is 2. The molecule has 0 aliphatic heterocycles. The summed E-state index contributed by atoms with van der Waals surface area (Å²) in [5.41, 5.74) is 2.08. The predicted octanol–water partition coefficient (Wildman–Crippen LogP) is 8.92. The van der Waals surface area contributed by atoms with Crippen LogP contribution in [0.25, 0.3) is 54.9 Å². The molecule has 0 atom stereocenters. The number of phenols is 1. The number of allylic oxidation sites excluding steroid dienone is 2. The highest BCUT2D eigenvalue weighted by molar-refractivity contribution is 6.14. The Morgan fingerprint density at radius 2 is 1.02 bits per heavy atom. The van der Waals surface area contributed by atoms with E-state index >= 15 is 0 Å². The Bertz CT molecular complexity index is 2550. The van der Waals surface area contributed by atoms with Crippen molar-refractivity contribution >= 4 is 27.5 Å². The average Bonchev–Trinajstić information content (AvgIpc) is 3.48. The molecule has 1 aliphatic carbocycles. The van der Waals surface area contributed by atoms with Crippen LogP contribution in [0.1, 0.15) is 0 Å². The van der Waals surface area contributed by atoms with Gasteiger partial charge in [-0.25, -0.2) is 0 Å². The van der Waals surface area contributed by atoms with Crippen molar-refractivity contribution in [2.45, 2.75) is 0 Å². The predicted molar refractivity (Wildman–Crippen MR) is 185 cm³/mol. The van der Waals surface area contributed by atoms with E-state index in [4.69, 9.17) is 4.74 Å². The number of carbonyl (C=O) groups excluding carboxylic acids is 1. The first-order valence-corrected chi connectivity index (χ1v) is 15.2. The molecule has 49 heavy (non-hydrogen) atoms. The second-order valence-corrected chi connectivity index (χ2v) is 11.3. The summed E-state index contributed by atoms with van der Waals surface area (Å²) in [6.45, 7) is 0. The average molecular weight is 631 g/mol. The summed E-state index contributed by atoms with van der Waals surface area (Å²) in [4.78, 5) is 14.3. The lowest BCUT2D eigenvalue weighted by atomic mass is 9.86. The summed E-state index contributed by atoms with van der Waals surface area (Å²) in [5, 5.41) is 54.9. The topological polar surface area (TPSA) is 142 Å². The number of aromatic hydroxyl groups is 1. The van der Waals surface area contributed by atoms with Crippen molar-refractivity contribution in [3.05, 3.63) is 144 Å². The van der Waals surface area contributed by atoms with Gasteiger partial charge >= 0.3 is 5.97 Å². The molecule has 0 saturated carbocycles. The first-order chi connectivity index (χ1) is 24.0. The maximum atomic E-state index is 14.3. The molecule has 0 unspecified atom stereocenters. The van der Waals surface area contributed by atoms with Crippen LogP contribution in [0.15, 0.2) is 144 Å². The Morgan fingerprint density at radius 1 is 0.571 bits per heavy atom. The third-order valence-corrected chi connectivity index (χ3v) is 8.71. The molecule has 0 aromatic heterocycles. The van der Waals surface area contributed by atoms with Crippen LogP contribution in [0.4, 0.5) is 0 Å². The maximum Gasteiger partial charge on any atom is 0.324 e. The van der Waals surface area contributed by atoms with Crippen LogP contribution in [-0.4, -0.2) is 11.1 Å². The van der Waals surface area contributed by atoms with E-state index in [1.54, 1.807) is 0 Å². The van der Waals surface area contributed by atoms with Gasteiger partial charge in [-0.2, -0.15) is 21.0 Å². The largest absolute Gasteiger partial charge is 0.507 e. The van der Waals surface area contributed by atoms with Gasteiger partial charge in [-0.05, 0) is 44.8 Å². The van der Waals surface area contributed by atoms with Crippen LogP contribution < -0.4 is 4.74 Å². The highest BCUT2D eigenvalue weighted by Gasteiger charge is 2.41. The van der Waals surface area contributed by atoms with E-state index in [2.05, 4.69) is 0 Å². The SMILES string of the molecule is N#CC1=C(C#N)C(C(=O)Oc2c(-c3ccccc3)cc3ccccc3c2-c2c(O)c(-c3ccccc3)cc3ccccc23)C(C#N)=C1C#N. The van der Waals surface area contributed by atoms with E-state index in [1.165, 1.54) is 0 Å². The highest BCUT2D eigenvalue weighted by Crippen LogP contribution is 2.52. The number of phenolic OH excluding ortho intramolecular Hbond substituents is 1. The number of nitriles is 4. The summed E-state index contributed by atoms with van der Waals surface area (Å²) in [7, 11) is 0. The lowest BCUT2D eigenvalue weighted by Gasteiger charge is -2.22. The van der Waals surface area contributed by atoms with Gasteiger partial charge < -0.3 is 9.84 Å². The molecule has 0 radical (unpaired) electrons. The molecule has 0 bridgehead atoms. The Balaban J connectivity index is 1.59. The lowest BCUT2D eigenvalue weighted by molar-refractivity contribution is -0.136. The van der Waals surface area contributed by atoms with Gasteiger partial charge in [0.25, 0.3) is 0 Å². The van der Waals surface area contributed by atoms with Crippen molar-refractivity contribution in [1.29, 1.82) is 21.0 Å². The van der Waals surface area contributed by atoms with Crippen LogP contribution >= 0.6 is 0 Å². The highest BCUT2D eigenvalue weighted by atomic mass is 16.5. The number of rotatable bonds is 5. The Kier molecular flexibility index (Phi) is 7.64. The van der Waals surface area contributed by atoms with Crippen molar-refractivity contribution in [2.75, 3.05) is 0 Å². The van der Waals surface area contributed by atoms with Crippen molar-refractivity contribution in [2.24, 2.45) is 5.92 Å². The van der Waals surface area contributed by atoms with Crippen molar-refractivity contribution in [1.82, 2.24) is 0 Å². The van der Waals surface area contributed by atoms with E-state index in [1.807, 2.05) is 146 Å². The van der Waals surface area contributed by atoms with Crippen molar-refractivity contribution in [3.63, 3.8) is 0 Å². The Morgan fingerprint density at radius 3 is 1.53 bits per heavy atom. The number of ether oxygens (including phenoxy) is 1. The summed E-state index contributed by atoms with van der Waals surface area (Å²) in [6, 6.07) is 45.0. The molecule has 7 nitrogen and oxygen atoms in total. The lowest BCUT2D eigenvalue weighted by Crippen LogP contribution is -2.23. The molecule has 0 amide bonds. The molecule has 6 aromatic rings. The Labute approximate surface area is 281 Å². The first kappa shape index (κ1) is 30.2. The number of esters is 1. The second kappa shape index (κ2) is 12.4. The van der Waals surface area contributed by atoms with E-state index in [0.717, 1.165) is 16.3 Å². The molecule has 0 fully saturated rings. The zero-order valence-corrected chi connectivity index (χ0v) is 25.7. The summed E-state index contributed by atoms with van der Waals surface area (Å²) < 4.78 is 6.34. The van der Waals surface area contributed by atoms with E-state index < -0.39 is 11.9 Å². The number of nitrogens with zero attached hydrogens (tertiary/aromatic N) is 4. The molecule has 7 rings (SSSR count). The second-order valence-electron chi connectivity index (χ2n) is 11.3. The summed E-state index contributed by atoms with van der Waals surface area (Å²) >= 11 is 0. The fourth-order valence-corrected chi connectivity index (χ4v) is 6.51. The standard InChI is InChI=1S/C42H22N4O3/c43-21-33-34(22-44)36(24-46)37(35(33)23-45)42(48)49-41-32(26-13-5-2-6-14-26)20-28-16-8-10-18-30(28)39(41)38-29-17-9-7-15-27(29)19-31(40(38)47)25-11-3-1-4-12-25/h1-20,37,47H. The molecule has 0 heterocycles. The van der Waals surface area contributed by atoms with Gasteiger partial charge in [0.1, 0.15) is 29.6 Å². The van der Waals surface area contributed by atoms with Gasteiger partial charge in [-0.3, -0.25) is 4.79 Å². The van der Waals surface area contributed by atoms with Crippen LogP contribution in [0.5, 0.6) is 11.5 Å². The van der Waals surface area contributed by atoms with Crippen LogP contribution in [0.2, 0.25) is 0 Å². The molecule has 6 aromatic carbocycles. The fourth-order valence-electron chi connectivity index (χ4n) is 6.51. The molecular formula is C42H22N4O3. The maximum absolute atomic E-state index is 14.3. The monoisotopic (exact) mass is 630 g/mol. The van der Waals surface area contributed by atoms with E-state index in [-0.39, 0.29) is 33.8 Å². The van der Waals surface area contributed by atoms with Gasteiger partial charge in [-0.1, -0.05) is 109 Å². The molecule has 0 spiro atoms. The van der Waals surface area contributed by atoms with Crippen molar-refractivity contribution < 1.29 is 14.6 Å². The van der Waals surface area contributed by atoms with Crippen LogP contribution in [0, 0.1) is 51.2 Å². The molecule has 1 aliphatic rings. The molecule has 0 saturated heterocycles. The summed E-state index contributed by atoms with van der Waals surface area (Å²) in [6.07, 6.45) is 0. The first-order valence-electron chi connectivity index (χ1n) is 15.2. The minimum atomic E-state index is -1.59. The van der Waals surface area contributed by atoms with Gasteiger partial charge in [0.05, 0.1) is 34.4 Å². The molecular weight excluding hydrogens is 608 g/mol. The third-order valence-electron chi connectivity index (χ3n) is 8.71. The Hall–Kier alpha value is -7.45. The molecule has 7 heteroatoms. The number of hydrogen-bond acceptors (Lipinski definition) is 7. The van der Waals surface area contributed by atoms with E-state index in [0.29, 0.717) is 38.6 Å². The zero-order valence-electron chi connectivity index (χ0n) is 25.7. The molecule has 228 valence electrons. The smallest absolute Gasteiger partial charge is 0.324 e. The minimum Gasteiger partial charge on any atom is -0.507 e. The molecule has 1 N–H and O–H groups in total. The van der Waals surface area contributed by atoms with Gasteiger partial charge in [0, 0.05) is 22.3 Å². The number of benzene rings is 6. The van der Waals surface area contributed by atoms with Crippen molar-refractivity contribution in [3.8, 4) is 69.2 Å². The number of carbonyl (C=O) groups is 1. The van der Waals surface area contributed by atoms with Gasteiger partial charge in [0.2, 0.25) is 0 Å². The number of hydrogen-bond donors (Lipinski definition) is 1. The summed E-state index contributed by atoms with van der Waals surface area (Å²) in [5.74, 6) is -2.56. The zero-order chi connectivity index (χ0) is 34.1. The van der Waals surface area contributed by atoms with E-state index in [9.17, 15) is 30.9 Å². The quantitative estimate of drug-likeness (QED) is 0.148. The fraction of sp³-hybridized carbons (Fsp3) is 0.0238. The van der Waals surface area contributed by atoms with Crippen LogP contribution in [0.3, 0.4) is 0 Å². The van der Waals surface area contributed by atoms with Crippen LogP contribution in [-0.2, 0) is 4.79 Å². The normalized spacial score (nSPS) is 12.7. The minimum absolute atomic E-state index is 0.0350. The van der Waals surface area contributed by atoms with Gasteiger partial charge in [0.15, 0.2) is 0 Å².